The molecule has 0 amide bonds. The molecule has 0 spiro atoms. The number of carboxylic acids is 1. The molecule has 5 nitrogen and oxygen atoms in total. The summed E-state index contributed by atoms with van der Waals surface area (Å²) in [5, 5.41) is 9.37. The molecule has 96 valence electrons. The number of carbonyl (C=O) groups is 1. The average Bonchev–Trinajstić information content (AvgIpc) is 2.53. The molecule has 0 saturated carbocycles. The topological polar surface area (TPSA) is 58.4 Å². The largest absolute Gasteiger partial charge is 0.480 e. The van der Waals surface area contributed by atoms with E-state index in [1.807, 2.05) is 37.3 Å². The number of aryl methyl sites for hydroxylation is 1. The summed E-state index contributed by atoms with van der Waals surface area (Å²) in [5.74, 6) is -0.0715. The van der Waals surface area contributed by atoms with Crippen molar-refractivity contribution in [2.45, 2.75) is 26.8 Å². The Morgan fingerprint density at radius 3 is 2.35 bits per heavy atom. The summed E-state index contributed by atoms with van der Waals surface area (Å²) in [6, 6.07) is -0.695. The molecule has 17 heavy (non-hydrogen) atoms. The number of likely N-dealkylation sites (N-methyl/N-ethyl adjacent to an activating group) is 1. The molecule has 0 saturated heterocycles. The lowest BCUT2D eigenvalue weighted by Crippen LogP contribution is -2.34. The maximum atomic E-state index is 11.4. The van der Waals surface area contributed by atoms with Crippen molar-refractivity contribution >= 4 is 21.9 Å². The molecule has 6 heteroatoms. The van der Waals surface area contributed by atoms with E-state index in [0.29, 0.717) is 18.8 Å². The van der Waals surface area contributed by atoms with E-state index in [-0.39, 0.29) is 0 Å². The third kappa shape index (κ3) is 2.69. The van der Waals surface area contributed by atoms with Gasteiger partial charge in [-0.15, -0.1) is 0 Å². The SMILES string of the molecule is CCN(CC)C(C(=O)O)c1nc(C)n(C)c1Br. The van der Waals surface area contributed by atoms with Gasteiger partial charge in [-0.25, -0.2) is 4.98 Å². The molecule has 1 aromatic rings. The van der Waals surface area contributed by atoms with Gasteiger partial charge in [0.15, 0.2) is 6.04 Å². The summed E-state index contributed by atoms with van der Waals surface area (Å²) >= 11 is 3.41. The van der Waals surface area contributed by atoms with Gasteiger partial charge in [-0.1, -0.05) is 13.8 Å². The first kappa shape index (κ1) is 14.2. The smallest absolute Gasteiger partial charge is 0.327 e. The van der Waals surface area contributed by atoms with E-state index in [2.05, 4.69) is 20.9 Å². The van der Waals surface area contributed by atoms with E-state index in [1.165, 1.54) is 0 Å². The van der Waals surface area contributed by atoms with Gasteiger partial charge in [0.05, 0.1) is 0 Å². The van der Waals surface area contributed by atoms with Gasteiger partial charge >= 0.3 is 5.97 Å². The lowest BCUT2D eigenvalue weighted by atomic mass is 10.2. The Hall–Kier alpha value is -0.880. The molecular formula is C11H18BrN3O2. The van der Waals surface area contributed by atoms with Crippen LogP contribution < -0.4 is 0 Å². The molecule has 0 aromatic carbocycles. The minimum absolute atomic E-state index is 0.571. The predicted octanol–water partition coefficient (Wildman–Crippen LogP) is 1.96. The van der Waals surface area contributed by atoms with E-state index in [1.54, 1.807) is 0 Å². The van der Waals surface area contributed by atoms with Crippen LogP contribution in [0.3, 0.4) is 0 Å². The van der Waals surface area contributed by atoms with E-state index in [0.717, 1.165) is 10.4 Å². The second-order valence-electron chi connectivity index (χ2n) is 3.86. The van der Waals surface area contributed by atoms with Gasteiger partial charge in [0.25, 0.3) is 0 Å². The Bertz CT molecular complexity index is 413. The number of halogens is 1. The van der Waals surface area contributed by atoms with Crippen molar-refractivity contribution in [3.8, 4) is 0 Å². The Labute approximate surface area is 110 Å². The van der Waals surface area contributed by atoms with Gasteiger partial charge < -0.3 is 9.67 Å². The van der Waals surface area contributed by atoms with Gasteiger partial charge in [0, 0.05) is 7.05 Å². The van der Waals surface area contributed by atoms with Crippen LogP contribution in [0.5, 0.6) is 0 Å². The Morgan fingerprint density at radius 2 is 2.06 bits per heavy atom. The number of rotatable bonds is 5. The molecule has 1 heterocycles. The normalized spacial score (nSPS) is 13.1. The summed E-state index contributed by atoms with van der Waals surface area (Å²) in [4.78, 5) is 17.6. The van der Waals surface area contributed by atoms with Gasteiger partial charge in [-0.05, 0) is 35.9 Å². The van der Waals surface area contributed by atoms with Crippen LogP contribution in [0.2, 0.25) is 0 Å². The molecular weight excluding hydrogens is 286 g/mol. The van der Waals surface area contributed by atoms with Crippen LogP contribution in [0.4, 0.5) is 0 Å². The van der Waals surface area contributed by atoms with E-state index in [4.69, 9.17) is 0 Å². The van der Waals surface area contributed by atoms with E-state index < -0.39 is 12.0 Å². The molecule has 1 atom stereocenters. The lowest BCUT2D eigenvalue weighted by molar-refractivity contribution is -0.143. The fraction of sp³-hybridized carbons (Fsp3) is 0.636. The molecule has 0 radical (unpaired) electrons. The fourth-order valence-corrected chi connectivity index (χ4v) is 2.38. The summed E-state index contributed by atoms with van der Waals surface area (Å²) < 4.78 is 2.57. The maximum absolute atomic E-state index is 11.4. The summed E-state index contributed by atoms with van der Waals surface area (Å²) in [6.07, 6.45) is 0. The highest BCUT2D eigenvalue weighted by molar-refractivity contribution is 9.10. The summed E-state index contributed by atoms with van der Waals surface area (Å²) in [6.45, 7) is 7.10. The Balaban J connectivity index is 3.23. The minimum Gasteiger partial charge on any atom is -0.480 e. The standard InChI is InChI=1S/C11H18BrN3O2/c1-5-15(6-2)9(11(16)17)8-10(12)14(4)7(3)13-8/h9H,5-6H2,1-4H3,(H,16,17). The van der Waals surface area contributed by atoms with Gasteiger partial charge in [0.1, 0.15) is 16.1 Å². The van der Waals surface area contributed by atoms with Crippen LogP contribution in [0.15, 0.2) is 4.60 Å². The first-order valence-electron chi connectivity index (χ1n) is 5.59. The molecule has 0 aliphatic heterocycles. The lowest BCUT2D eigenvalue weighted by Gasteiger charge is -2.25. The zero-order chi connectivity index (χ0) is 13.2. The average molecular weight is 304 g/mol. The van der Waals surface area contributed by atoms with Gasteiger partial charge in [0.2, 0.25) is 0 Å². The van der Waals surface area contributed by atoms with Crippen molar-refractivity contribution in [2.75, 3.05) is 13.1 Å². The molecule has 1 unspecified atom stereocenters. The van der Waals surface area contributed by atoms with Crippen molar-refractivity contribution in [2.24, 2.45) is 7.05 Å². The van der Waals surface area contributed by atoms with Crippen molar-refractivity contribution in [1.29, 1.82) is 0 Å². The van der Waals surface area contributed by atoms with E-state index >= 15 is 0 Å². The number of aliphatic carboxylic acids is 1. The van der Waals surface area contributed by atoms with Crippen LogP contribution in [-0.4, -0.2) is 38.6 Å². The number of carboxylic acid groups (broad SMARTS) is 1. The van der Waals surface area contributed by atoms with Crippen LogP contribution in [-0.2, 0) is 11.8 Å². The highest BCUT2D eigenvalue weighted by Crippen LogP contribution is 2.27. The highest BCUT2D eigenvalue weighted by Gasteiger charge is 2.30. The molecule has 0 fully saturated rings. The van der Waals surface area contributed by atoms with Crippen LogP contribution >= 0.6 is 15.9 Å². The summed E-state index contributed by atoms with van der Waals surface area (Å²) in [7, 11) is 1.86. The predicted molar refractivity (Wildman–Crippen MR) is 68.9 cm³/mol. The van der Waals surface area contributed by atoms with E-state index in [9.17, 15) is 9.90 Å². The van der Waals surface area contributed by atoms with Gasteiger partial charge in [-0.2, -0.15) is 0 Å². The van der Waals surface area contributed by atoms with Crippen LogP contribution in [0.25, 0.3) is 0 Å². The third-order valence-electron chi connectivity index (χ3n) is 2.94. The number of hydrogen-bond donors (Lipinski definition) is 1. The zero-order valence-corrected chi connectivity index (χ0v) is 12.2. The minimum atomic E-state index is -0.868. The second kappa shape index (κ2) is 5.64. The first-order chi connectivity index (χ1) is 7.93. The number of nitrogens with zero attached hydrogens (tertiary/aromatic N) is 3. The first-order valence-corrected chi connectivity index (χ1v) is 6.38. The third-order valence-corrected chi connectivity index (χ3v) is 3.88. The van der Waals surface area contributed by atoms with Gasteiger partial charge in [-0.3, -0.25) is 9.69 Å². The Kier molecular flexibility index (Phi) is 4.70. The number of hydrogen-bond acceptors (Lipinski definition) is 3. The van der Waals surface area contributed by atoms with Crippen LogP contribution in [0, 0.1) is 6.92 Å². The highest BCUT2D eigenvalue weighted by atomic mass is 79.9. The summed E-state index contributed by atoms with van der Waals surface area (Å²) in [5.41, 5.74) is 0.571. The van der Waals surface area contributed by atoms with Crippen molar-refractivity contribution in [3.63, 3.8) is 0 Å². The number of imidazole rings is 1. The van der Waals surface area contributed by atoms with Crippen molar-refractivity contribution in [3.05, 3.63) is 16.1 Å². The molecule has 1 N–H and O–H groups in total. The monoisotopic (exact) mass is 303 g/mol. The second-order valence-corrected chi connectivity index (χ2v) is 4.61. The molecule has 1 aromatic heterocycles. The molecule has 0 aliphatic carbocycles. The Morgan fingerprint density at radius 1 is 1.53 bits per heavy atom. The fourth-order valence-electron chi connectivity index (χ4n) is 1.82. The quantitative estimate of drug-likeness (QED) is 0.903. The molecule has 1 rings (SSSR count). The van der Waals surface area contributed by atoms with Crippen molar-refractivity contribution in [1.82, 2.24) is 14.5 Å². The van der Waals surface area contributed by atoms with Crippen LogP contribution in [0.1, 0.15) is 31.4 Å². The van der Waals surface area contributed by atoms with Crippen molar-refractivity contribution < 1.29 is 9.90 Å². The number of aromatic nitrogens is 2. The maximum Gasteiger partial charge on any atom is 0.327 e. The molecule has 0 bridgehead atoms. The zero-order valence-electron chi connectivity index (χ0n) is 10.6. The molecule has 0 aliphatic rings.